The molecule has 22 heavy (non-hydrogen) atoms. The topological polar surface area (TPSA) is 51.0 Å². The van der Waals surface area contributed by atoms with E-state index in [9.17, 15) is 17.6 Å². The van der Waals surface area contributed by atoms with Crippen LogP contribution in [0, 0.1) is 5.82 Å². The molecule has 1 saturated carbocycles. The maximum Gasteiger partial charge on any atom is 0.404 e. The van der Waals surface area contributed by atoms with Gasteiger partial charge in [-0.2, -0.15) is 18.2 Å². The Balaban J connectivity index is 1.76. The standard InChI is InChI=1S/C14H13F4N3O/c15-10-4-2-1-3-9(10)13-20-12(22-21-13)7-11(14(16,17)18)19-8-5-6-8/h1-4,8,11,19H,5-7H2. The van der Waals surface area contributed by atoms with Crippen molar-refractivity contribution in [3.05, 3.63) is 36.0 Å². The second kappa shape index (κ2) is 5.68. The Labute approximate surface area is 123 Å². The van der Waals surface area contributed by atoms with Gasteiger partial charge in [-0.1, -0.05) is 17.3 Å². The molecule has 0 spiro atoms. The molecule has 1 heterocycles. The molecule has 1 aromatic carbocycles. The third kappa shape index (κ3) is 3.44. The summed E-state index contributed by atoms with van der Waals surface area (Å²) in [6, 6.07) is 3.89. The predicted molar refractivity (Wildman–Crippen MR) is 69.4 cm³/mol. The van der Waals surface area contributed by atoms with Crippen molar-refractivity contribution in [3.8, 4) is 11.4 Å². The van der Waals surface area contributed by atoms with Crippen molar-refractivity contribution in [2.75, 3.05) is 0 Å². The van der Waals surface area contributed by atoms with E-state index in [1.807, 2.05) is 0 Å². The van der Waals surface area contributed by atoms with Crippen LogP contribution in [0.5, 0.6) is 0 Å². The van der Waals surface area contributed by atoms with Crippen molar-refractivity contribution in [3.63, 3.8) is 0 Å². The summed E-state index contributed by atoms with van der Waals surface area (Å²) in [5.41, 5.74) is 0.0937. The summed E-state index contributed by atoms with van der Waals surface area (Å²) in [7, 11) is 0. The Morgan fingerprint density at radius 1 is 1.27 bits per heavy atom. The van der Waals surface area contributed by atoms with Gasteiger partial charge in [0.15, 0.2) is 0 Å². The van der Waals surface area contributed by atoms with E-state index >= 15 is 0 Å². The predicted octanol–water partition coefficient (Wildman–Crippen LogP) is 3.10. The van der Waals surface area contributed by atoms with Gasteiger partial charge in [0.2, 0.25) is 11.7 Å². The normalized spacial score (nSPS) is 16.7. The minimum Gasteiger partial charge on any atom is -0.339 e. The lowest BCUT2D eigenvalue weighted by Gasteiger charge is -2.19. The molecule has 1 aliphatic rings. The Bertz CT molecular complexity index is 652. The van der Waals surface area contributed by atoms with Gasteiger partial charge in [-0.05, 0) is 25.0 Å². The molecular weight excluding hydrogens is 302 g/mol. The fourth-order valence-corrected chi connectivity index (χ4v) is 2.07. The summed E-state index contributed by atoms with van der Waals surface area (Å²) in [5.74, 6) is -0.785. The lowest BCUT2D eigenvalue weighted by molar-refractivity contribution is -0.157. The maximum atomic E-state index is 13.6. The molecule has 0 radical (unpaired) electrons. The van der Waals surface area contributed by atoms with Gasteiger partial charge < -0.3 is 9.84 Å². The summed E-state index contributed by atoms with van der Waals surface area (Å²) in [6.45, 7) is 0. The van der Waals surface area contributed by atoms with Crippen molar-refractivity contribution >= 4 is 0 Å². The monoisotopic (exact) mass is 315 g/mol. The van der Waals surface area contributed by atoms with Crippen LogP contribution in [0.15, 0.2) is 28.8 Å². The molecule has 0 bridgehead atoms. The SMILES string of the molecule is Fc1ccccc1-c1noc(CC(NC2CC2)C(F)(F)F)n1. The minimum atomic E-state index is -4.41. The van der Waals surface area contributed by atoms with Crippen LogP contribution in [0.2, 0.25) is 0 Å². The van der Waals surface area contributed by atoms with Crippen molar-refractivity contribution < 1.29 is 22.1 Å². The molecule has 1 unspecified atom stereocenters. The Hall–Kier alpha value is -1.96. The number of nitrogens with zero attached hydrogens (tertiary/aromatic N) is 2. The first-order chi connectivity index (χ1) is 10.4. The number of benzene rings is 1. The molecule has 1 aromatic heterocycles. The first kappa shape index (κ1) is 15.0. The highest BCUT2D eigenvalue weighted by Crippen LogP contribution is 2.28. The third-order valence-electron chi connectivity index (χ3n) is 3.37. The number of aromatic nitrogens is 2. The van der Waals surface area contributed by atoms with E-state index in [4.69, 9.17) is 4.52 Å². The average molecular weight is 315 g/mol. The second-order valence-corrected chi connectivity index (χ2v) is 5.23. The number of rotatable bonds is 5. The van der Waals surface area contributed by atoms with E-state index in [0.717, 1.165) is 12.8 Å². The molecule has 8 heteroatoms. The number of nitrogens with one attached hydrogen (secondary N) is 1. The number of halogens is 4. The summed E-state index contributed by atoms with van der Waals surface area (Å²) < 4.78 is 57.4. The molecule has 1 N–H and O–H groups in total. The quantitative estimate of drug-likeness (QED) is 0.862. The van der Waals surface area contributed by atoms with E-state index in [1.54, 1.807) is 6.07 Å². The summed E-state index contributed by atoms with van der Waals surface area (Å²) >= 11 is 0. The van der Waals surface area contributed by atoms with E-state index < -0.39 is 24.5 Å². The van der Waals surface area contributed by atoms with Crippen molar-refractivity contribution in [1.82, 2.24) is 15.5 Å². The van der Waals surface area contributed by atoms with Crippen LogP contribution < -0.4 is 5.32 Å². The highest BCUT2D eigenvalue weighted by Gasteiger charge is 2.43. The lowest BCUT2D eigenvalue weighted by Crippen LogP contribution is -2.45. The zero-order valence-corrected chi connectivity index (χ0v) is 11.4. The summed E-state index contributed by atoms with van der Waals surface area (Å²) in [6.07, 6.45) is -3.41. The molecule has 3 rings (SSSR count). The van der Waals surface area contributed by atoms with E-state index in [0.29, 0.717) is 0 Å². The highest BCUT2D eigenvalue weighted by molar-refractivity contribution is 5.54. The smallest absolute Gasteiger partial charge is 0.339 e. The Morgan fingerprint density at radius 3 is 2.64 bits per heavy atom. The van der Waals surface area contributed by atoms with Crippen LogP contribution in [0.4, 0.5) is 17.6 Å². The number of hydrogen-bond donors (Lipinski definition) is 1. The molecule has 118 valence electrons. The molecule has 4 nitrogen and oxygen atoms in total. The first-order valence-electron chi connectivity index (χ1n) is 6.84. The van der Waals surface area contributed by atoms with Gasteiger partial charge in [0.05, 0.1) is 12.0 Å². The van der Waals surface area contributed by atoms with Crippen LogP contribution in [-0.2, 0) is 6.42 Å². The minimum absolute atomic E-state index is 0.0551. The van der Waals surface area contributed by atoms with Crippen LogP contribution in [0.3, 0.4) is 0 Å². The first-order valence-corrected chi connectivity index (χ1v) is 6.84. The fraction of sp³-hybridized carbons (Fsp3) is 0.429. The molecule has 0 saturated heterocycles. The highest BCUT2D eigenvalue weighted by atomic mass is 19.4. The molecule has 2 aromatic rings. The molecule has 1 fully saturated rings. The van der Waals surface area contributed by atoms with E-state index in [2.05, 4.69) is 15.5 Å². The summed E-state index contributed by atoms with van der Waals surface area (Å²) in [5, 5.41) is 6.07. The molecule has 1 atom stereocenters. The molecule has 1 aliphatic carbocycles. The van der Waals surface area contributed by atoms with Crippen molar-refractivity contribution in [2.45, 2.75) is 37.5 Å². The van der Waals surface area contributed by atoms with Crippen LogP contribution in [0.25, 0.3) is 11.4 Å². The van der Waals surface area contributed by atoms with Crippen LogP contribution in [-0.4, -0.2) is 28.4 Å². The van der Waals surface area contributed by atoms with Gasteiger partial charge in [0.25, 0.3) is 0 Å². The zero-order valence-electron chi connectivity index (χ0n) is 11.4. The molecule has 0 aliphatic heterocycles. The summed E-state index contributed by atoms with van der Waals surface area (Å²) in [4.78, 5) is 3.86. The molecular formula is C14H13F4N3O. The number of alkyl halides is 3. The van der Waals surface area contributed by atoms with Gasteiger partial charge in [-0.15, -0.1) is 0 Å². The van der Waals surface area contributed by atoms with Gasteiger partial charge >= 0.3 is 6.18 Å². The largest absolute Gasteiger partial charge is 0.404 e. The van der Waals surface area contributed by atoms with Gasteiger partial charge in [0.1, 0.15) is 11.9 Å². The van der Waals surface area contributed by atoms with E-state index in [1.165, 1.54) is 18.2 Å². The molecule has 0 amide bonds. The Morgan fingerprint density at radius 2 is 2.00 bits per heavy atom. The van der Waals surface area contributed by atoms with Gasteiger partial charge in [-0.25, -0.2) is 4.39 Å². The lowest BCUT2D eigenvalue weighted by atomic mass is 10.2. The fourth-order valence-electron chi connectivity index (χ4n) is 2.07. The second-order valence-electron chi connectivity index (χ2n) is 5.23. The van der Waals surface area contributed by atoms with Crippen LogP contribution in [0.1, 0.15) is 18.7 Å². The Kier molecular flexibility index (Phi) is 3.86. The van der Waals surface area contributed by atoms with Crippen molar-refractivity contribution in [2.24, 2.45) is 0 Å². The van der Waals surface area contributed by atoms with Gasteiger partial charge in [0, 0.05) is 6.04 Å². The maximum absolute atomic E-state index is 13.6. The van der Waals surface area contributed by atoms with Crippen LogP contribution >= 0.6 is 0 Å². The van der Waals surface area contributed by atoms with Gasteiger partial charge in [-0.3, -0.25) is 0 Å². The van der Waals surface area contributed by atoms with E-state index in [-0.39, 0.29) is 23.3 Å². The zero-order chi connectivity index (χ0) is 15.7. The third-order valence-corrected chi connectivity index (χ3v) is 3.37. The number of hydrogen-bond acceptors (Lipinski definition) is 4. The average Bonchev–Trinajstić information content (AvgIpc) is 3.15. The van der Waals surface area contributed by atoms with Crippen molar-refractivity contribution in [1.29, 1.82) is 0 Å².